The minimum Gasteiger partial charge on any atom is -0.242 e. The minimum absolute atomic E-state index is 0.0491. The predicted molar refractivity (Wildman–Crippen MR) is 83.5 cm³/mol. The topological polar surface area (TPSA) is 0 Å². The number of rotatable bonds is 2. The molecule has 0 aromatic rings. The normalized spacial score (nSPS) is 28.9. The van der Waals surface area contributed by atoms with Gasteiger partial charge in [0.05, 0.1) is 0 Å². The SMILES string of the molecule is CC1=CC=C(C2=CC=C(C3=CC(F)=CC(F)C3)C(F)C2)CC1. The molecular formula is C19H19F3. The van der Waals surface area contributed by atoms with E-state index in [1.807, 2.05) is 6.08 Å². The van der Waals surface area contributed by atoms with Gasteiger partial charge in [-0.2, -0.15) is 0 Å². The largest absolute Gasteiger partial charge is 0.242 e. The fourth-order valence-electron chi connectivity index (χ4n) is 3.14. The van der Waals surface area contributed by atoms with Crippen LogP contribution < -0.4 is 0 Å². The molecule has 3 aliphatic rings. The summed E-state index contributed by atoms with van der Waals surface area (Å²) >= 11 is 0. The van der Waals surface area contributed by atoms with Gasteiger partial charge in [0.1, 0.15) is 18.2 Å². The summed E-state index contributed by atoms with van der Waals surface area (Å²) in [5.41, 5.74) is 4.33. The standard InChI is InChI=1S/C19H19F3/c1-12-2-4-13(5-3-12)14-6-7-18(19(22)10-14)15-8-16(20)11-17(21)9-15/h2,4,6-8,11,17,19H,3,5,9-10H2,1H3. The molecule has 0 radical (unpaired) electrons. The minimum atomic E-state index is -1.37. The van der Waals surface area contributed by atoms with Crippen LogP contribution in [0, 0.1) is 0 Å². The van der Waals surface area contributed by atoms with Gasteiger partial charge in [0.2, 0.25) is 0 Å². The Bertz CT molecular complexity index is 656. The zero-order chi connectivity index (χ0) is 15.7. The molecule has 0 aliphatic heterocycles. The Morgan fingerprint density at radius 2 is 1.68 bits per heavy atom. The van der Waals surface area contributed by atoms with Crippen LogP contribution in [0.1, 0.15) is 32.6 Å². The number of alkyl halides is 2. The van der Waals surface area contributed by atoms with Crippen molar-refractivity contribution in [2.24, 2.45) is 0 Å². The van der Waals surface area contributed by atoms with Crippen molar-refractivity contribution >= 4 is 0 Å². The summed E-state index contributed by atoms with van der Waals surface area (Å²) in [5.74, 6) is -0.618. The number of allylic oxidation sites excluding steroid dienone is 12. The van der Waals surface area contributed by atoms with E-state index in [1.54, 1.807) is 6.08 Å². The van der Waals surface area contributed by atoms with Crippen LogP contribution in [0.25, 0.3) is 0 Å². The monoisotopic (exact) mass is 304 g/mol. The molecule has 0 bridgehead atoms. The van der Waals surface area contributed by atoms with Crippen LogP contribution in [-0.4, -0.2) is 12.3 Å². The van der Waals surface area contributed by atoms with E-state index in [-0.39, 0.29) is 12.8 Å². The van der Waals surface area contributed by atoms with Gasteiger partial charge in [-0.1, -0.05) is 29.9 Å². The first-order chi connectivity index (χ1) is 10.5. The molecule has 3 aliphatic carbocycles. The average molecular weight is 304 g/mol. The highest BCUT2D eigenvalue weighted by molar-refractivity contribution is 5.50. The average Bonchev–Trinajstić information content (AvgIpc) is 2.46. The highest BCUT2D eigenvalue weighted by Crippen LogP contribution is 2.37. The quantitative estimate of drug-likeness (QED) is 0.607. The van der Waals surface area contributed by atoms with Crippen molar-refractivity contribution in [2.45, 2.75) is 45.0 Å². The van der Waals surface area contributed by atoms with E-state index >= 15 is 0 Å². The summed E-state index contributed by atoms with van der Waals surface area (Å²) in [6, 6.07) is 0. The molecule has 116 valence electrons. The smallest absolute Gasteiger partial charge is 0.129 e. The molecule has 0 spiro atoms. The molecule has 3 heteroatoms. The van der Waals surface area contributed by atoms with Crippen LogP contribution in [0.3, 0.4) is 0 Å². The lowest BCUT2D eigenvalue weighted by atomic mass is 9.83. The third kappa shape index (κ3) is 3.18. The molecule has 22 heavy (non-hydrogen) atoms. The Morgan fingerprint density at radius 1 is 0.909 bits per heavy atom. The molecule has 0 nitrogen and oxygen atoms in total. The molecule has 0 saturated heterocycles. The van der Waals surface area contributed by atoms with Gasteiger partial charge in [-0.05, 0) is 54.2 Å². The van der Waals surface area contributed by atoms with Crippen molar-refractivity contribution in [3.63, 3.8) is 0 Å². The van der Waals surface area contributed by atoms with Gasteiger partial charge in [0, 0.05) is 12.8 Å². The van der Waals surface area contributed by atoms with Crippen LogP contribution in [0.5, 0.6) is 0 Å². The van der Waals surface area contributed by atoms with Crippen LogP contribution >= 0.6 is 0 Å². The summed E-state index contributed by atoms with van der Waals surface area (Å²) in [6.07, 6.45) is 9.59. The van der Waals surface area contributed by atoms with Gasteiger partial charge in [-0.3, -0.25) is 0 Å². The van der Waals surface area contributed by atoms with Crippen molar-refractivity contribution in [2.75, 3.05) is 0 Å². The third-order valence-corrected chi connectivity index (χ3v) is 4.41. The highest BCUT2D eigenvalue weighted by atomic mass is 19.1. The molecule has 2 unspecified atom stereocenters. The van der Waals surface area contributed by atoms with E-state index in [1.165, 1.54) is 11.6 Å². The van der Waals surface area contributed by atoms with Crippen LogP contribution in [0.15, 0.2) is 70.1 Å². The fourth-order valence-corrected chi connectivity index (χ4v) is 3.14. The molecular weight excluding hydrogens is 285 g/mol. The Morgan fingerprint density at radius 3 is 2.32 bits per heavy atom. The first-order valence-electron chi connectivity index (χ1n) is 7.67. The Balaban J connectivity index is 1.85. The predicted octanol–water partition coefficient (Wildman–Crippen LogP) is 5.77. The summed E-state index contributed by atoms with van der Waals surface area (Å²) < 4.78 is 41.3. The summed E-state index contributed by atoms with van der Waals surface area (Å²) in [6.45, 7) is 2.09. The van der Waals surface area contributed by atoms with Crippen LogP contribution in [0.2, 0.25) is 0 Å². The zero-order valence-corrected chi connectivity index (χ0v) is 12.6. The Kier molecular flexibility index (Phi) is 4.23. The lowest BCUT2D eigenvalue weighted by molar-refractivity contribution is 0.361. The summed E-state index contributed by atoms with van der Waals surface area (Å²) in [7, 11) is 0. The Hall–Kier alpha value is -1.77. The van der Waals surface area contributed by atoms with Gasteiger partial charge in [-0.25, -0.2) is 13.2 Å². The molecule has 0 N–H and O–H groups in total. The molecule has 3 rings (SSSR count). The summed E-state index contributed by atoms with van der Waals surface area (Å²) in [4.78, 5) is 0. The van der Waals surface area contributed by atoms with Gasteiger partial charge >= 0.3 is 0 Å². The molecule has 0 aromatic heterocycles. The van der Waals surface area contributed by atoms with Crippen molar-refractivity contribution in [1.82, 2.24) is 0 Å². The number of hydrogen-bond acceptors (Lipinski definition) is 0. The van der Waals surface area contributed by atoms with E-state index in [0.29, 0.717) is 11.1 Å². The second-order valence-corrected chi connectivity index (χ2v) is 6.13. The number of halogens is 3. The maximum absolute atomic E-state index is 14.5. The van der Waals surface area contributed by atoms with Gasteiger partial charge in [0.15, 0.2) is 0 Å². The van der Waals surface area contributed by atoms with E-state index < -0.39 is 18.2 Å². The highest BCUT2D eigenvalue weighted by Gasteiger charge is 2.26. The first-order valence-corrected chi connectivity index (χ1v) is 7.67. The molecule has 0 aromatic carbocycles. The van der Waals surface area contributed by atoms with E-state index in [0.717, 1.165) is 30.1 Å². The molecule has 0 amide bonds. The van der Waals surface area contributed by atoms with Crippen molar-refractivity contribution in [1.29, 1.82) is 0 Å². The lowest BCUT2D eigenvalue weighted by Crippen LogP contribution is -2.16. The van der Waals surface area contributed by atoms with E-state index in [9.17, 15) is 13.2 Å². The molecule has 0 heterocycles. The fraction of sp³-hybridized carbons (Fsp3) is 0.368. The van der Waals surface area contributed by atoms with E-state index in [2.05, 4.69) is 19.1 Å². The second-order valence-electron chi connectivity index (χ2n) is 6.13. The van der Waals surface area contributed by atoms with Crippen LogP contribution in [0.4, 0.5) is 13.2 Å². The maximum Gasteiger partial charge on any atom is 0.129 e. The van der Waals surface area contributed by atoms with Crippen LogP contribution in [-0.2, 0) is 0 Å². The van der Waals surface area contributed by atoms with Crippen molar-refractivity contribution in [3.05, 3.63) is 70.1 Å². The van der Waals surface area contributed by atoms with Crippen molar-refractivity contribution < 1.29 is 13.2 Å². The van der Waals surface area contributed by atoms with Gasteiger partial charge < -0.3 is 0 Å². The van der Waals surface area contributed by atoms with E-state index in [4.69, 9.17) is 0 Å². The second kappa shape index (κ2) is 6.15. The third-order valence-electron chi connectivity index (χ3n) is 4.41. The number of hydrogen-bond donors (Lipinski definition) is 0. The summed E-state index contributed by atoms with van der Waals surface area (Å²) in [5, 5.41) is 0. The molecule has 2 atom stereocenters. The maximum atomic E-state index is 14.5. The first kappa shape index (κ1) is 15.1. The zero-order valence-electron chi connectivity index (χ0n) is 12.6. The van der Waals surface area contributed by atoms with Gasteiger partial charge in [-0.15, -0.1) is 0 Å². The molecule has 0 saturated carbocycles. The lowest BCUT2D eigenvalue weighted by Gasteiger charge is -2.25. The van der Waals surface area contributed by atoms with Crippen molar-refractivity contribution in [3.8, 4) is 0 Å². The van der Waals surface area contributed by atoms with Gasteiger partial charge in [0.25, 0.3) is 0 Å². The molecule has 0 fully saturated rings. The Labute approximate surface area is 129 Å².